The number of nitrogens with one attached hydrogen (secondary N) is 2. The highest BCUT2D eigenvalue weighted by molar-refractivity contribution is 5.97. The van der Waals surface area contributed by atoms with E-state index in [1.54, 1.807) is 49.6 Å². The van der Waals surface area contributed by atoms with Crippen molar-refractivity contribution >= 4 is 17.9 Å². The Bertz CT molecular complexity index is 801. The quantitative estimate of drug-likeness (QED) is 0.581. The third kappa shape index (κ3) is 6.51. The van der Waals surface area contributed by atoms with Crippen LogP contribution in [0.25, 0.3) is 6.08 Å². The molecule has 0 heterocycles. The van der Waals surface area contributed by atoms with Gasteiger partial charge in [0.15, 0.2) is 11.5 Å². The Kier molecular flexibility index (Phi) is 7.43. The van der Waals surface area contributed by atoms with Crippen molar-refractivity contribution in [3.05, 3.63) is 65.7 Å². The summed E-state index contributed by atoms with van der Waals surface area (Å²) < 4.78 is 11.0. The Morgan fingerprint density at radius 3 is 2.44 bits per heavy atom. The molecule has 6 heteroatoms. The minimum absolute atomic E-state index is 0.384. The predicted octanol–water partition coefficient (Wildman–Crippen LogP) is 3.20. The molecule has 0 aromatic heterocycles. The molecule has 0 unspecified atom stereocenters. The number of carbonyl (C=O) groups excluding carboxylic acids is 2. The highest BCUT2D eigenvalue weighted by atomic mass is 16.5. The molecule has 0 spiro atoms. The number of hydrogen-bond acceptors (Lipinski definition) is 4. The van der Waals surface area contributed by atoms with Gasteiger partial charge in [-0.2, -0.15) is 0 Å². The van der Waals surface area contributed by atoms with Crippen molar-refractivity contribution in [1.82, 2.24) is 10.9 Å². The molecule has 2 rings (SSSR count). The van der Waals surface area contributed by atoms with Crippen molar-refractivity contribution in [2.45, 2.75) is 13.8 Å². The molecule has 142 valence electrons. The summed E-state index contributed by atoms with van der Waals surface area (Å²) in [5.41, 5.74) is 5.94. The van der Waals surface area contributed by atoms with Gasteiger partial charge in [0.1, 0.15) is 0 Å². The number of benzene rings is 2. The maximum absolute atomic E-state index is 11.9. The monoisotopic (exact) mass is 368 g/mol. The molecule has 0 fully saturated rings. The number of rotatable bonds is 7. The zero-order valence-corrected chi connectivity index (χ0v) is 15.7. The van der Waals surface area contributed by atoms with E-state index in [4.69, 9.17) is 9.47 Å². The Hall–Kier alpha value is -3.28. The molecule has 0 aliphatic carbocycles. The summed E-state index contributed by atoms with van der Waals surface area (Å²) in [6, 6.07) is 14.0. The average molecular weight is 368 g/mol. The molecule has 27 heavy (non-hydrogen) atoms. The number of hydrazine groups is 1. The van der Waals surface area contributed by atoms with Gasteiger partial charge in [-0.25, -0.2) is 0 Å². The van der Waals surface area contributed by atoms with Crippen LogP contribution in [-0.2, 0) is 4.79 Å². The van der Waals surface area contributed by atoms with Crippen LogP contribution < -0.4 is 20.3 Å². The van der Waals surface area contributed by atoms with E-state index in [1.165, 1.54) is 6.08 Å². The van der Waals surface area contributed by atoms with E-state index in [1.807, 2.05) is 12.1 Å². The van der Waals surface area contributed by atoms with E-state index in [9.17, 15) is 9.59 Å². The summed E-state index contributed by atoms with van der Waals surface area (Å²) in [5, 5.41) is 0. The van der Waals surface area contributed by atoms with Gasteiger partial charge in [0.2, 0.25) is 0 Å². The minimum atomic E-state index is -0.446. The Morgan fingerprint density at radius 2 is 1.78 bits per heavy atom. The van der Waals surface area contributed by atoms with Crippen LogP contribution in [0, 0.1) is 5.92 Å². The summed E-state index contributed by atoms with van der Waals surface area (Å²) in [5.74, 6) is 0.826. The van der Waals surface area contributed by atoms with Crippen molar-refractivity contribution in [3.63, 3.8) is 0 Å². The van der Waals surface area contributed by atoms with Crippen molar-refractivity contribution in [3.8, 4) is 11.5 Å². The van der Waals surface area contributed by atoms with Gasteiger partial charge in [0.05, 0.1) is 13.7 Å². The second-order valence-corrected chi connectivity index (χ2v) is 6.26. The number of amides is 2. The second kappa shape index (κ2) is 10.0. The fraction of sp³-hybridized carbons (Fsp3) is 0.238. The molecule has 2 aromatic rings. The van der Waals surface area contributed by atoms with Crippen LogP contribution in [0.1, 0.15) is 29.8 Å². The van der Waals surface area contributed by atoms with Crippen LogP contribution in [-0.4, -0.2) is 25.5 Å². The fourth-order valence-electron chi connectivity index (χ4n) is 2.16. The average Bonchev–Trinajstić information content (AvgIpc) is 2.69. The summed E-state index contributed by atoms with van der Waals surface area (Å²) in [6.45, 7) is 4.73. The molecule has 0 aliphatic heterocycles. The van der Waals surface area contributed by atoms with Crippen LogP contribution in [0.15, 0.2) is 54.6 Å². The first-order valence-corrected chi connectivity index (χ1v) is 8.64. The molecular formula is C21H24N2O4. The Morgan fingerprint density at radius 1 is 1.04 bits per heavy atom. The van der Waals surface area contributed by atoms with E-state index in [2.05, 4.69) is 24.7 Å². The molecule has 6 nitrogen and oxygen atoms in total. The van der Waals surface area contributed by atoms with E-state index >= 15 is 0 Å². The van der Waals surface area contributed by atoms with Gasteiger partial charge >= 0.3 is 0 Å². The smallest absolute Gasteiger partial charge is 0.269 e. The predicted molar refractivity (Wildman–Crippen MR) is 104 cm³/mol. The molecule has 2 aromatic carbocycles. The first kappa shape index (κ1) is 20.0. The summed E-state index contributed by atoms with van der Waals surface area (Å²) in [7, 11) is 1.57. The van der Waals surface area contributed by atoms with Gasteiger partial charge in [0.25, 0.3) is 11.8 Å². The number of methoxy groups -OCH3 is 1. The van der Waals surface area contributed by atoms with Crippen molar-refractivity contribution < 1.29 is 19.1 Å². The van der Waals surface area contributed by atoms with E-state index in [0.29, 0.717) is 29.6 Å². The molecule has 0 bridgehead atoms. The number of hydrogen-bond donors (Lipinski definition) is 2. The largest absolute Gasteiger partial charge is 0.493 e. The lowest BCUT2D eigenvalue weighted by Gasteiger charge is -2.12. The highest BCUT2D eigenvalue weighted by Gasteiger charge is 2.07. The van der Waals surface area contributed by atoms with Gasteiger partial charge < -0.3 is 9.47 Å². The minimum Gasteiger partial charge on any atom is -0.493 e. The van der Waals surface area contributed by atoms with Crippen LogP contribution >= 0.6 is 0 Å². The first-order valence-electron chi connectivity index (χ1n) is 8.64. The van der Waals surface area contributed by atoms with Gasteiger partial charge in [-0.3, -0.25) is 20.4 Å². The number of carbonyl (C=O) groups is 2. The maximum Gasteiger partial charge on any atom is 0.269 e. The molecular weight excluding hydrogens is 344 g/mol. The van der Waals surface area contributed by atoms with Crippen molar-refractivity contribution in [2.24, 2.45) is 5.92 Å². The molecule has 0 atom stereocenters. The van der Waals surface area contributed by atoms with E-state index < -0.39 is 5.91 Å². The van der Waals surface area contributed by atoms with Crippen LogP contribution in [0.3, 0.4) is 0 Å². The second-order valence-electron chi connectivity index (χ2n) is 6.26. The van der Waals surface area contributed by atoms with E-state index in [-0.39, 0.29) is 5.91 Å². The molecule has 2 amide bonds. The van der Waals surface area contributed by atoms with Crippen LogP contribution in [0.2, 0.25) is 0 Å². The van der Waals surface area contributed by atoms with Gasteiger partial charge in [-0.1, -0.05) is 38.1 Å². The molecule has 0 radical (unpaired) electrons. The lowest BCUT2D eigenvalue weighted by Crippen LogP contribution is -2.40. The lowest BCUT2D eigenvalue weighted by atomic mass is 10.2. The lowest BCUT2D eigenvalue weighted by molar-refractivity contribution is -0.117. The Labute approximate surface area is 159 Å². The zero-order valence-electron chi connectivity index (χ0n) is 15.7. The van der Waals surface area contributed by atoms with Crippen molar-refractivity contribution in [1.29, 1.82) is 0 Å². The first-order chi connectivity index (χ1) is 13.0. The summed E-state index contributed by atoms with van der Waals surface area (Å²) in [6.07, 6.45) is 2.95. The standard InChI is InChI=1S/C21H24N2O4/c1-15(2)14-27-18-11-9-16(13-19(18)26-3)10-12-20(24)22-23-21(25)17-7-5-4-6-8-17/h4-13,15H,14H2,1-3H3,(H,22,24)(H,23,25)/b12-10+. The Balaban J connectivity index is 1.92. The van der Waals surface area contributed by atoms with Crippen molar-refractivity contribution in [2.75, 3.05) is 13.7 Å². The number of ether oxygens (including phenoxy) is 2. The highest BCUT2D eigenvalue weighted by Crippen LogP contribution is 2.28. The molecule has 2 N–H and O–H groups in total. The van der Waals surface area contributed by atoms with Gasteiger partial charge in [-0.15, -0.1) is 0 Å². The van der Waals surface area contributed by atoms with Gasteiger partial charge in [-0.05, 0) is 41.8 Å². The maximum atomic E-state index is 11.9. The van der Waals surface area contributed by atoms with Gasteiger partial charge in [0, 0.05) is 11.6 Å². The molecule has 0 saturated carbocycles. The third-order valence-electron chi connectivity index (χ3n) is 3.52. The normalized spacial score (nSPS) is 10.7. The summed E-state index contributed by atoms with van der Waals surface area (Å²) >= 11 is 0. The fourth-order valence-corrected chi connectivity index (χ4v) is 2.16. The van der Waals surface area contributed by atoms with Crippen LogP contribution in [0.4, 0.5) is 0 Å². The van der Waals surface area contributed by atoms with Crippen LogP contribution in [0.5, 0.6) is 11.5 Å². The topological polar surface area (TPSA) is 76.7 Å². The molecule has 0 saturated heterocycles. The summed E-state index contributed by atoms with van der Waals surface area (Å²) in [4.78, 5) is 23.8. The molecule has 0 aliphatic rings. The SMILES string of the molecule is COc1cc(/C=C/C(=O)NNC(=O)c2ccccc2)ccc1OCC(C)C. The van der Waals surface area contributed by atoms with E-state index in [0.717, 1.165) is 5.56 Å². The zero-order chi connectivity index (χ0) is 19.6. The third-order valence-corrected chi connectivity index (χ3v) is 3.52.